The third kappa shape index (κ3) is 5.38. The molecule has 3 aromatic carbocycles. The van der Waals surface area contributed by atoms with Crippen LogP contribution in [0.1, 0.15) is 5.69 Å². The quantitative estimate of drug-likeness (QED) is 0.270. The summed E-state index contributed by atoms with van der Waals surface area (Å²) in [6, 6.07) is 17.6. The van der Waals surface area contributed by atoms with E-state index >= 15 is 0 Å². The zero-order valence-electron chi connectivity index (χ0n) is 16.3. The van der Waals surface area contributed by atoms with E-state index in [1.807, 2.05) is 36.4 Å². The lowest BCUT2D eigenvalue weighted by atomic mass is 10.1. The summed E-state index contributed by atoms with van der Waals surface area (Å²) in [7, 11) is 0. The van der Waals surface area contributed by atoms with Gasteiger partial charge < -0.3 is 10.1 Å². The van der Waals surface area contributed by atoms with Crippen LogP contribution in [0.15, 0.2) is 74.9 Å². The average Bonchev–Trinajstić information content (AvgIpc) is 3.24. The van der Waals surface area contributed by atoms with Gasteiger partial charge in [0.1, 0.15) is 17.8 Å². The molecule has 32 heavy (non-hydrogen) atoms. The van der Waals surface area contributed by atoms with E-state index in [0.717, 1.165) is 10.8 Å². The van der Waals surface area contributed by atoms with E-state index in [1.54, 1.807) is 6.07 Å². The summed E-state index contributed by atoms with van der Waals surface area (Å²) in [5, 5.41) is 15.5. The molecule has 0 spiro atoms. The van der Waals surface area contributed by atoms with E-state index < -0.39 is 11.7 Å². The molecule has 0 aliphatic heterocycles. The number of anilines is 2. The molecule has 1 aromatic heterocycles. The molecule has 0 radical (unpaired) electrons. The SMILES string of the molecule is O=C(COc1ccc2ccccc2c1)Nc1nonc1/C=N/ONc1ccc(F)c(Br)c1. The number of nitrogens with zero attached hydrogens (tertiary/aromatic N) is 3. The van der Waals surface area contributed by atoms with Crippen LogP contribution in [-0.2, 0) is 9.73 Å². The third-order valence-corrected chi connectivity index (χ3v) is 4.78. The fourth-order valence-corrected chi connectivity index (χ4v) is 3.03. The standard InChI is InChI=1S/C21H15BrFN5O4/c22-17-10-15(6-8-18(17)23)26-31-24-11-19-21(28-32-27-19)25-20(29)12-30-16-7-5-13-3-1-2-4-14(13)9-16/h1-11,26H,12H2,(H,25,28,29)/b24-11+. The van der Waals surface area contributed by atoms with Gasteiger partial charge in [-0.1, -0.05) is 35.5 Å². The number of hydrogen-bond acceptors (Lipinski definition) is 8. The Morgan fingerprint density at radius 1 is 1.12 bits per heavy atom. The summed E-state index contributed by atoms with van der Waals surface area (Å²) in [5.41, 5.74) is 3.10. The first-order valence-electron chi connectivity index (χ1n) is 9.23. The summed E-state index contributed by atoms with van der Waals surface area (Å²) >= 11 is 3.07. The van der Waals surface area contributed by atoms with Crippen molar-refractivity contribution in [1.82, 2.24) is 10.3 Å². The van der Waals surface area contributed by atoms with Gasteiger partial charge in [-0.05, 0) is 67.3 Å². The van der Waals surface area contributed by atoms with Crippen molar-refractivity contribution >= 4 is 50.3 Å². The molecule has 0 saturated carbocycles. The van der Waals surface area contributed by atoms with Crippen molar-refractivity contribution < 1.29 is 23.5 Å². The van der Waals surface area contributed by atoms with Crippen LogP contribution in [0.5, 0.6) is 5.75 Å². The number of aromatic nitrogens is 2. The van der Waals surface area contributed by atoms with E-state index in [1.165, 1.54) is 24.4 Å². The zero-order valence-corrected chi connectivity index (χ0v) is 17.9. The van der Waals surface area contributed by atoms with Crippen molar-refractivity contribution in [1.29, 1.82) is 0 Å². The molecule has 0 bridgehead atoms. The number of oxime groups is 1. The van der Waals surface area contributed by atoms with Crippen LogP contribution in [0.4, 0.5) is 15.9 Å². The topological polar surface area (TPSA) is 111 Å². The molecule has 2 N–H and O–H groups in total. The number of ether oxygens (including phenoxy) is 1. The molecular weight excluding hydrogens is 485 g/mol. The Labute approximate surface area is 189 Å². The van der Waals surface area contributed by atoms with Gasteiger partial charge in [-0.2, -0.15) is 5.48 Å². The van der Waals surface area contributed by atoms with Gasteiger partial charge in [0.15, 0.2) is 12.3 Å². The van der Waals surface area contributed by atoms with Crippen LogP contribution in [0.3, 0.4) is 0 Å². The minimum Gasteiger partial charge on any atom is -0.484 e. The summed E-state index contributed by atoms with van der Waals surface area (Å²) < 4.78 is 23.7. The number of nitrogens with one attached hydrogen (secondary N) is 2. The molecule has 4 aromatic rings. The number of hydrogen-bond donors (Lipinski definition) is 2. The number of carbonyl (C=O) groups excluding carboxylic acids is 1. The molecule has 0 aliphatic carbocycles. The predicted octanol–water partition coefficient (Wildman–Crippen LogP) is 4.52. The Morgan fingerprint density at radius 3 is 2.81 bits per heavy atom. The lowest BCUT2D eigenvalue weighted by molar-refractivity contribution is -0.118. The van der Waals surface area contributed by atoms with Crippen molar-refractivity contribution in [2.45, 2.75) is 0 Å². The molecule has 0 aliphatic rings. The van der Waals surface area contributed by atoms with Gasteiger partial charge in [0.25, 0.3) is 5.91 Å². The van der Waals surface area contributed by atoms with E-state index in [0.29, 0.717) is 11.4 Å². The second-order valence-electron chi connectivity index (χ2n) is 6.40. The lowest BCUT2D eigenvalue weighted by Gasteiger charge is -2.07. The molecule has 11 heteroatoms. The van der Waals surface area contributed by atoms with Gasteiger partial charge in [-0.15, -0.1) is 0 Å². The van der Waals surface area contributed by atoms with Crippen LogP contribution in [0.2, 0.25) is 0 Å². The first-order chi connectivity index (χ1) is 15.6. The maximum Gasteiger partial charge on any atom is 0.263 e. The van der Waals surface area contributed by atoms with Crippen molar-refractivity contribution in [2.24, 2.45) is 5.16 Å². The van der Waals surface area contributed by atoms with Gasteiger partial charge in [-0.3, -0.25) is 9.73 Å². The van der Waals surface area contributed by atoms with Gasteiger partial charge in [0, 0.05) is 0 Å². The van der Waals surface area contributed by atoms with Crippen LogP contribution in [0.25, 0.3) is 10.8 Å². The molecule has 0 unspecified atom stereocenters. The fraction of sp³-hybridized carbons (Fsp3) is 0.0476. The minimum atomic E-state index is -0.460. The fourth-order valence-electron chi connectivity index (χ4n) is 2.66. The van der Waals surface area contributed by atoms with E-state index in [-0.39, 0.29) is 22.6 Å². The smallest absolute Gasteiger partial charge is 0.263 e. The lowest BCUT2D eigenvalue weighted by Crippen LogP contribution is -2.21. The van der Waals surface area contributed by atoms with E-state index in [4.69, 9.17) is 9.68 Å². The van der Waals surface area contributed by atoms with E-state index in [2.05, 4.69) is 46.8 Å². The summed E-state index contributed by atoms with van der Waals surface area (Å²) in [6.45, 7) is -0.237. The zero-order chi connectivity index (χ0) is 22.3. The largest absolute Gasteiger partial charge is 0.484 e. The Balaban J connectivity index is 1.29. The number of carbonyl (C=O) groups is 1. The molecule has 162 valence electrons. The van der Waals surface area contributed by atoms with Gasteiger partial charge >= 0.3 is 0 Å². The third-order valence-electron chi connectivity index (χ3n) is 4.17. The molecule has 0 saturated heterocycles. The highest BCUT2D eigenvalue weighted by atomic mass is 79.9. The number of fused-ring (bicyclic) bond motifs is 1. The predicted molar refractivity (Wildman–Crippen MR) is 119 cm³/mol. The van der Waals surface area contributed by atoms with Gasteiger partial charge in [-0.25, -0.2) is 9.02 Å². The Hall–Kier alpha value is -3.99. The minimum absolute atomic E-state index is 0.0500. The van der Waals surface area contributed by atoms with Gasteiger partial charge in [0.2, 0.25) is 5.82 Å². The normalized spacial score (nSPS) is 10.9. The number of benzene rings is 3. The first kappa shape index (κ1) is 21.2. The Bertz CT molecular complexity index is 1280. The highest BCUT2D eigenvalue weighted by Crippen LogP contribution is 2.21. The van der Waals surface area contributed by atoms with Crippen molar-refractivity contribution in [3.8, 4) is 5.75 Å². The second kappa shape index (κ2) is 9.88. The van der Waals surface area contributed by atoms with E-state index in [9.17, 15) is 9.18 Å². The number of halogens is 2. The monoisotopic (exact) mass is 499 g/mol. The summed E-state index contributed by atoms with van der Waals surface area (Å²) in [5.74, 6) is -0.253. The van der Waals surface area contributed by atoms with Crippen LogP contribution in [-0.4, -0.2) is 29.0 Å². The number of amides is 1. The molecule has 0 atom stereocenters. The molecule has 1 amide bonds. The van der Waals surface area contributed by atoms with Crippen molar-refractivity contribution in [2.75, 3.05) is 17.4 Å². The molecule has 1 heterocycles. The maximum atomic E-state index is 13.2. The maximum absolute atomic E-state index is 13.2. The summed E-state index contributed by atoms with van der Waals surface area (Å²) in [6.07, 6.45) is 1.18. The first-order valence-corrected chi connectivity index (χ1v) is 10.0. The number of rotatable bonds is 8. The molecule has 9 nitrogen and oxygen atoms in total. The Kier molecular flexibility index (Phi) is 6.56. The van der Waals surface area contributed by atoms with Gasteiger partial charge in [0.05, 0.1) is 10.2 Å². The molecular formula is C21H15BrFN5O4. The molecule has 0 fully saturated rings. The second-order valence-corrected chi connectivity index (χ2v) is 7.25. The van der Waals surface area contributed by atoms with Crippen LogP contribution < -0.4 is 15.5 Å². The average molecular weight is 500 g/mol. The van der Waals surface area contributed by atoms with Crippen molar-refractivity contribution in [3.63, 3.8) is 0 Å². The summed E-state index contributed by atoms with van der Waals surface area (Å²) in [4.78, 5) is 17.1. The molecule has 4 rings (SSSR count). The van der Waals surface area contributed by atoms with Crippen LogP contribution >= 0.6 is 15.9 Å². The Morgan fingerprint density at radius 2 is 1.97 bits per heavy atom. The highest BCUT2D eigenvalue weighted by molar-refractivity contribution is 9.10. The van der Waals surface area contributed by atoms with Crippen molar-refractivity contribution in [3.05, 3.63) is 76.6 Å². The highest BCUT2D eigenvalue weighted by Gasteiger charge is 2.13. The van der Waals surface area contributed by atoms with Crippen LogP contribution in [0, 0.1) is 5.82 Å².